The number of nitrogens with one attached hydrogen (secondary N) is 1. The first-order chi connectivity index (χ1) is 10.8. The molecule has 1 N–H and O–H groups in total. The smallest absolute Gasteiger partial charge is 0.225 e. The molecule has 22 heavy (non-hydrogen) atoms. The quantitative estimate of drug-likeness (QED) is 0.866. The van der Waals surface area contributed by atoms with E-state index in [9.17, 15) is 4.79 Å². The number of hydrogen-bond donors (Lipinski definition) is 1. The molecule has 1 unspecified atom stereocenters. The van der Waals surface area contributed by atoms with Gasteiger partial charge < -0.3 is 10.2 Å². The molecular weight excluding hydrogens is 276 g/mol. The molecule has 1 fully saturated rings. The minimum atomic E-state index is 0.183. The normalized spacial score (nSPS) is 22.5. The highest BCUT2D eigenvalue weighted by Crippen LogP contribution is 2.21. The van der Waals surface area contributed by atoms with Crippen LogP contribution in [0.1, 0.15) is 32.1 Å². The van der Waals surface area contributed by atoms with Crippen molar-refractivity contribution in [3.63, 3.8) is 0 Å². The van der Waals surface area contributed by atoms with E-state index in [1.54, 1.807) is 12.4 Å². The van der Waals surface area contributed by atoms with Crippen LogP contribution >= 0.6 is 0 Å². The highest BCUT2D eigenvalue weighted by molar-refractivity contribution is 5.78. The Kier molecular flexibility index (Phi) is 5.03. The Hall–Kier alpha value is -1.91. The Morgan fingerprint density at radius 1 is 1.18 bits per heavy atom. The number of amides is 1. The van der Waals surface area contributed by atoms with Gasteiger partial charge >= 0.3 is 0 Å². The molecule has 1 aromatic rings. The van der Waals surface area contributed by atoms with Gasteiger partial charge in [-0.25, -0.2) is 9.97 Å². The molecule has 5 nitrogen and oxygen atoms in total. The number of allylic oxidation sites excluding steroid dienone is 2. The van der Waals surface area contributed by atoms with E-state index in [0.29, 0.717) is 5.92 Å². The molecule has 1 saturated heterocycles. The zero-order valence-electron chi connectivity index (χ0n) is 12.9. The Balaban J connectivity index is 1.40. The zero-order chi connectivity index (χ0) is 15.2. The fourth-order valence-corrected chi connectivity index (χ4v) is 3.21. The van der Waals surface area contributed by atoms with Crippen LogP contribution in [-0.2, 0) is 4.79 Å². The van der Waals surface area contributed by atoms with Gasteiger partial charge in [0.25, 0.3) is 0 Å². The standard InChI is InChI=1S/C17H24N4O/c22-16(15-5-2-1-3-6-15)20-13-14-7-11-21(12-8-14)17-18-9-4-10-19-17/h1-2,4,9-10,14-15H,3,5-8,11-13H2,(H,20,22). The summed E-state index contributed by atoms with van der Waals surface area (Å²) in [5, 5.41) is 3.15. The Morgan fingerprint density at radius 2 is 1.95 bits per heavy atom. The van der Waals surface area contributed by atoms with Crippen molar-refractivity contribution < 1.29 is 4.79 Å². The Bertz CT molecular complexity index is 509. The number of hydrogen-bond acceptors (Lipinski definition) is 4. The number of carbonyl (C=O) groups excluding carboxylic acids is 1. The maximum atomic E-state index is 12.2. The summed E-state index contributed by atoms with van der Waals surface area (Å²) >= 11 is 0. The van der Waals surface area contributed by atoms with Gasteiger partial charge in [-0.1, -0.05) is 12.2 Å². The molecule has 2 aliphatic rings. The molecule has 5 heteroatoms. The first-order valence-electron chi connectivity index (χ1n) is 8.27. The number of carbonyl (C=O) groups is 1. The highest BCUT2D eigenvalue weighted by atomic mass is 16.1. The lowest BCUT2D eigenvalue weighted by atomic mass is 9.92. The third-order valence-corrected chi connectivity index (χ3v) is 4.65. The molecule has 1 amide bonds. The second kappa shape index (κ2) is 7.38. The topological polar surface area (TPSA) is 58.1 Å². The van der Waals surface area contributed by atoms with Gasteiger partial charge in [-0.2, -0.15) is 0 Å². The SMILES string of the molecule is O=C(NCC1CCN(c2ncccn2)CC1)C1CC=CCC1. The number of aromatic nitrogens is 2. The van der Waals surface area contributed by atoms with Gasteiger partial charge in [0.2, 0.25) is 11.9 Å². The fourth-order valence-electron chi connectivity index (χ4n) is 3.21. The van der Waals surface area contributed by atoms with Gasteiger partial charge in [-0.3, -0.25) is 4.79 Å². The molecule has 3 rings (SSSR count). The predicted molar refractivity (Wildman–Crippen MR) is 86.5 cm³/mol. The van der Waals surface area contributed by atoms with Gasteiger partial charge in [-0.05, 0) is 44.1 Å². The van der Waals surface area contributed by atoms with Crippen LogP contribution in [0.25, 0.3) is 0 Å². The molecular formula is C17H24N4O. The largest absolute Gasteiger partial charge is 0.356 e. The Morgan fingerprint density at radius 3 is 2.64 bits per heavy atom. The summed E-state index contributed by atoms with van der Waals surface area (Å²) in [6.45, 7) is 2.75. The van der Waals surface area contributed by atoms with Crippen molar-refractivity contribution in [2.24, 2.45) is 11.8 Å². The molecule has 1 atom stereocenters. The summed E-state index contributed by atoms with van der Waals surface area (Å²) in [6, 6.07) is 1.84. The van der Waals surface area contributed by atoms with Gasteiger partial charge in [-0.15, -0.1) is 0 Å². The summed E-state index contributed by atoms with van der Waals surface area (Å²) in [5.41, 5.74) is 0. The molecule has 1 aromatic heterocycles. The molecule has 1 aliphatic heterocycles. The monoisotopic (exact) mass is 300 g/mol. The van der Waals surface area contributed by atoms with Gasteiger partial charge in [0, 0.05) is 37.9 Å². The first kappa shape index (κ1) is 15.0. The number of piperidine rings is 1. The lowest BCUT2D eigenvalue weighted by Crippen LogP contribution is -2.40. The van der Waals surface area contributed by atoms with Crippen LogP contribution in [0, 0.1) is 11.8 Å². The zero-order valence-corrected chi connectivity index (χ0v) is 12.9. The lowest BCUT2D eigenvalue weighted by molar-refractivity contribution is -0.125. The summed E-state index contributed by atoms with van der Waals surface area (Å²) in [6.07, 6.45) is 13.0. The molecule has 2 heterocycles. The van der Waals surface area contributed by atoms with Crippen molar-refractivity contribution in [1.82, 2.24) is 15.3 Å². The molecule has 0 bridgehead atoms. The first-order valence-corrected chi connectivity index (χ1v) is 8.27. The lowest BCUT2D eigenvalue weighted by Gasteiger charge is -2.32. The van der Waals surface area contributed by atoms with E-state index in [0.717, 1.165) is 57.7 Å². The van der Waals surface area contributed by atoms with Crippen molar-refractivity contribution in [2.75, 3.05) is 24.5 Å². The van der Waals surface area contributed by atoms with Crippen molar-refractivity contribution in [2.45, 2.75) is 32.1 Å². The molecule has 1 aliphatic carbocycles. The molecule has 0 radical (unpaired) electrons. The van der Waals surface area contributed by atoms with Crippen LogP contribution < -0.4 is 10.2 Å². The molecule has 118 valence electrons. The molecule has 0 spiro atoms. The average molecular weight is 300 g/mol. The van der Waals surface area contributed by atoms with Crippen LogP contribution in [0.3, 0.4) is 0 Å². The maximum Gasteiger partial charge on any atom is 0.225 e. The van der Waals surface area contributed by atoms with Crippen molar-refractivity contribution >= 4 is 11.9 Å². The van der Waals surface area contributed by atoms with E-state index in [-0.39, 0.29) is 11.8 Å². The Labute approximate surface area is 131 Å². The second-order valence-electron chi connectivity index (χ2n) is 6.21. The van der Waals surface area contributed by atoms with Gasteiger partial charge in [0.05, 0.1) is 0 Å². The molecule has 0 saturated carbocycles. The summed E-state index contributed by atoms with van der Waals surface area (Å²) in [7, 11) is 0. The van der Waals surface area contributed by atoms with E-state index in [1.807, 2.05) is 6.07 Å². The van der Waals surface area contributed by atoms with E-state index in [4.69, 9.17) is 0 Å². The van der Waals surface area contributed by atoms with Crippen LogP contribution in [0.5, 0.6) is 0 Å². The second-order valence-corrected chi connectivity index (χ2v) is 6.21. The van der Waals surface area contributed by atoms with Crippen molar-refractivity contribution in [3.05, 3.63) is 30.6 Å². The van der Waals surface area contributed by atoms with Crippen LogP contribution in [-0.4, -0.2) is 35.5 Å². The van der Waals surface area contributed by atoms with Gasteiger partial charge in [0.1, 0.15) is 0 Å². The predicted octanol–water partition coefficient (Wildman–Crippen LogP) is 2.17. The molecule has 0 aromatic carbocycles. The van der Waals surface area contributed by atoms with E-state index >= 15 is 0 Å². The summed E-state index contributed by atoms with van der Waals surface area (Å²) in [4.78, 5) is 23.0. The van der Waals surface area contributed by atoms with Crippen molar-refractivity contribution in [1.29, 1.82) is 0 Å². The third kappa shape index (κ3) is 3.84. The maximum absolute atomic E-state index is 12.2. The average Bonchev–Trinajstić information content (AvgIpc) is 2.61. The minimum Gasteiger partial charge on any atom is -0.356 e. The number of rotatable bonds is 4. The number of anilines is 1. The highest BCUT2D eigenvalue weighted by Gasteiger charge is 2.23. The number of nitrogens with zero attached hydrogens (tertiary/aromatic N) is 3. The minimum absolute atomic E-state index is 0.183. The van der Waals surface area contributed by atoms with Gasteiger partial charge in [0.15, 0.2) is 0 Å². The van der Waals surface area contributed by atoms with E-state index in [1.165, 1.54) is 0 Å². The van der Waals surface area contributed by atoms with E-state index < -0.39 is 0 Å². The fraction of sp³-hybridized carbons (Fsp3) is 0.588. The van der Waals surface area contributed by atoms with Crippen LogP contribution in [0.15, 0.2) is 30.6 Å². The van der Waals surface area contributed by atoms with Crippen LogP contribution in [0.4, 0.5) is 5.95 Å². The van der Waals surface area contributed by atoms with Crippen LogP contribution in [0.2, 0.25) is 0 Å². The summed E-state index contributed by atoms with van der Waals surface area (Å²) < 4.78 is 0. The van der Waals surface area contributed by atoms with E-state index in [2.05, 4.69) is 32.3 Å². The third-order valence-electron chi connectivity index (χ3n) is 4.65. The van der Waals surface area contributed by atoms with Crippen molar-refractivity contribution in [3.8, 4) is 0 Å². The summed E-state index contributed by atoms with van der Waals surface area (Å²) in [5.74, 6) is 1.81.